The van der Waals surface area contributed by atoms with Crippen molar-refractivity contribution < 1.29 is 0 Å². The fraction of sp³-hybridized carbons (Fsp3) is 0.400. The number of benzene rings is 3. The summed E-state index contributed by atoms with van der Waals surface area (Å²) in [6.07, 6.45) is 3.63. The van der Waals surface area contributed by atoms with E-state index in [0.717, 1.165) is 31.8 Å². The zero-order chi connectivity index (χ0) is 21.9. The summed E-state index contributed by atoms with van der Waals surface area (Å²) in [5.41, 5.74) is 5.86. The van der Waals surface area contributed by atoms with E-state index in [4.69, 9.17) is 0 Å². The highest BCUT2D eigenvalue weighted by molar-refractivity contribution is 5.50. The Morgan fingerprint density at radius 1 is 0.781 bits per heavy atom. The van der Waals surface area contributed by atoms with E-state index >= 15 is 0 Å². The molecule has 1 aliphatic carbocycles. The monoisotopic (exact) mass is 424 g/mol. The van der Waals surface area contributed by atoms with Gasteiger partial charge < -0.3 is 4.90 Å². The van der Waals surface area contributed by atoms with Crippen LogP contribution in [0.1, 0.15) is 37.0 Å². The summed E-state index contributed by atoms with van der Waals surface area (Å²) in [5.74, 6) is 1.45. The summed E-state index contributed by atoms with van der Waals surface area (Å²) in [6.45, 7) is 8.24. The van der Waals surface area contributed by atoms with Crippen molar-refractivity contribution in [2.24, 2.45) is 11.8 Å². The normalized spacial score (nSPS) is 23.8. The molecule has 0 spiro atoms. The Morgan fingerprint density at radius 3 is 2.03 bits per heavy atom. The highest BCUT2D eigenvalue weighted by atomic mass is 15.2. The number of fused-ring (bicyclic) bond motifs is 1. The van der Waals surface area contributed by atoms with Gasteiger partial charge in [-0.25, -0.2) is 0 Å². The molecule has 1 heterocycles. The second-order valence-electron chi connectivity index (χ2n) is 10.1. The van der Waals surface area contributed by atoms with Crippen molar-refractivity contribution in [3.8, 4) is 0 Å². The van der Waals surface area contributed by atoms with Crippen molar-refractivity contribution >= 4 is 5.69 Å². The summed E-state index contributed by atoms with van der Waals surface area (Å²) in [5, 5.41) is 0. The quantitative estimate of drug-likeness (QED) is 0.464. The molecule has 1 fully saturated rings. The van der Waals surface area contributed by atoms with Crippen LogP contribution >= 0.6 is 0 Å². The van der Waals surface area contributed by atoms with Gasteiger partial charge in [0.2, 0.25) is 0 Å². The lowest BCUT2D eigenvalue weighted by Gasteiger charge is -2.46. The molecule has 0 bridgehead atoms. The highest BCUT2D eigenvalue weighted by Gasteiger charge is 2.36. The molecule has 0 saturated carbocycles. The lowest BCUT2D eigenvalue weighted by molar-refractivity contribution is 0.0644. The van der Waals surface area contributed by atoms with Crippen molar-refractivity contribution in [1.29, 1.82) is 0 Å². The third-order valence-corrected chi connectivity index (χ3v) is 7.62. The van der Waals surface area contributed by atoms with E-state index in [0.29, 0.717) is 18.0 Å². The smallest absolute Gasteiger partial charge is 0.0371 e. The minimum absolute atomic E-state index is 0.542. The molecule has 1 aliphatic heterocycles. The SMILES string of the molecule is CC1CC(C)C(CN(c2ccccc2)C2Cc3ccccc3C2)N(Cc2ccccc2)C1. The van der Waals surface area contributed by atoms with Gasteiger partial charge in [0.1, 0.15) is 0 Å². The maximum Gasteiger partial charge on any atom is 0.0371 e. The maximum absolute atomic E-state index is 2.77. The Kier molecular flexibility index (Phi) is 6.32. The lowest BCUT2D eigenvalue weighted by atomic mass is 9.84. The van der Waals surface area contributed by atoms with Gasteiger partial charge in [0.15, 0.2) is 0 Å². The van der Waals surface area contributed by atoms with Crippen molar-refractivity contribution in [3.05, 3.63) is 102 Å². The predicted molar refractivity (Wildman–Crippen MR) is 135 cm³/mol. The predicted octanol–water partition coefficient (Wildman–Crippen LogP) is 6.21. The van der Waals surface area contributed by atoms with Crippen LogP contribution < -0.4 is 4.90 Å². The van der Waals surface area contributed by atoms with Gasteiger partial charge in [0.25, 0.3) is 0 Å². The minimum atomic E-state index is 0.542. The minimum Gasteiger partial charge on any atom is -0.366 e. The molecular formula is C30H36N2. The van der Waals surface area contributed by atoms with Gasteiger partial charge in [-0.15, -0.1) is 0 Å². The van der Waals surface area contributed by atoms with E-state index in [9.17, 15) is 0 Å². The zero-order valence-electron chi connectivity index (χ0n) is 19.5. The molecule has 3 aromatic rings. The van der Waals surface area contributed by atoms with Crippen LogP contribution in [0.5, 0.6) is 0 Å². The second kappa shape index (κ2) is 9.50. The van der Waals surface area contributed by atoms with Gasteiger partial charge in [0.05, 0.1) is 0 Å². The first-order valence-electron chi connectivity index (χ1n) is 12.3. The van der Waals surface area contributed by atoms with Crippen LogP contribution in [-0.2, 0) is 19.4 Å². The second-order valence-corrected chi connectivity index (χ2v) is 10.1. The van der Waals surface area contributed by atoms with Crippen molar-refractivity contribution in [1.82, 2.24) is 4.90 Å². The number of rotatable bonds is 6. The fourth-order valence-corrected chi connectivity index (χ4v) is 6.10. The molecule has 5 rings (SSSR count). The first-order chi connectivity index (χ1) is 15.7. The van der Waals surface area contributed by atoms with Gasteiger partial charge in [-0.2, -0.15) is 0 Å². The number of nitrogens with zero attached hydrogens (tertiary/aromatic N) is 2. The van der Waals surface area contributed by atoms with Gasteiger partial charge in [-0.1, -0.05) is 86.6 Å². The molecule has 2 aliphatic rings. The molecule has 3 atom stereocenters. The van der Waals surface area contributed by atoms with E-state index in [2.05, 4.69) is 109 Å². The number of piperidine rings is 1. The summed E-state index contributed by atoms with van der Waals surface area (Å²) < 4.78 is 0. The Bertz CT molecular complexity index is 975. The van der Waals surface area contributed by atoms with Crippen LogP contribution in [0.25, 0.3) is 0 Å². The highest BCUT2D eigenvalue weighted by Crippen LogP contribution is 2.34. The first kappa shape index (κ1) is 21.3. The summed E-state index contributed by atoms with van der Waals surface area (Å²) in [6, 6.07) is 32.3. The number of hydrogen-bond acceptors (Lipinski definition) is 2. The van der Waals surface area contributed by atoms with Crippen LogP contribution in [-0.4, -0.2) is 30.1 Å². The van der Waals surface area contributed by atoms with E-state index in [1.165, 1.54) is 35.3 Å². The Hall–Kier alpha value is -2.58. The van der Waals surface area contributed by atoms with Crippen LogP contribution in [0.15, 0.2) is 84.9 Å². The summed E-state index contributed by atoms with van der Waals surface area (Å²) in [7, 11) is 0. The molecule has 0 N–H and O–H groups in total. The fourth-order valence-electron chi connectivity index (χ4n) is 6.10. The average molecular weight is 425 g/mol. The third kappa shape index (κ3) is 4.61. The standard InChI is InChI=1S/C30H36N2/c1-23-17-24(2)30(31(20-23)21-25-11-5-3-6-12-25)22-32(28-15-7-4-8-16-28)29-18-26-13-9-10-14-27(26)19-29/h3-16,23-24,29-30H,17-22H2,1-2H3. The van der Waals surface area contributed by atoms with E-state index in [-0.39, 0.29) is 0 Å². The number of para-hydroxylation sites is 1. The Morgan fingerprint density at radius 2 is 1.38 bits per heavy atom. The van der Waals surface area contributed by atoms with E-state index in [1.807, 2.05) is 0 Å². The summed E-state index contributed by atoms with van der Waals surface area (Å²) >= 11 is 0. The number of anilines is 1. The molecule has 0 amide bonds. The number of likely N-dealkylation sites (tertiary alicyclic amines) is 1. The van der Waals surface area contributed by atoms with Gasteiger partial charge in [-0.05, 0) is 59.9 Å². The molecular weight excluding hydrogens is 388 g/mol. The van der Waals surface area contributed by atoms with Crippen molar-refractivity contribution in [3.63, 3.8) is 0 Å². The molecule has 0 aromatic heterocycles. The van der Waals surface area contributed by atoms with Crippen LogP contribution in [0.3, 0.4) is 0 Å². The molecule has 2 nitrogen and oxygen atoms in total. The zero-order valence-corrected chi connectivity index (χ0v) is 19.5. The van der Waals surface area contributed by atoms with Gasteiger partial charge >= 0.3 is 0 Å². The van der Waals surface area contributed by atoms with Gasteiger partial charge in [0, 0.05) is 37.4 Å². The molecule has 0 radical (unpaired) electrons. The van der Waals surface area contributed by atoms with Crippen LogP contribution in [0.4, 0.5) is 5.69 Å². The topological polar surface area (TPSA) is 6.48 Å². The lowest BCUT2D eigenvalue weighted by Crippen LogP contribution is -2.54. The van der Waals surface area contributed by atoms with Crippen LogP contribution in [0.2, 0.25) is 0 Å². The third-order valence-electron chi connectivity index (χ3n) is 7.62. The molecule has 166 valence electrons. The van der Waals surface area contributed by atoms with E-state index in [1.54, 1.807) is 0 Å². The molecule has 3 aromatic carbocycles. The first-order valence-corrected chi connectivity index (χ1v) is 12.3. The molecule has 32 heavy (non-hydrogen) atoms. The Labute approximate surface area is 193 Å². The van der Waals surface area contributed by atoms with Gasteiger partial charge in [-0.3, -0.25) is 4.90 Å². The average Bonchev–Trinajstić information content (AvgIpc) is 3.24. The van der Waals surface area contributed by atoms with E-state index < -0.39 is 0 Å². The Balaban J connectivity index is 1.42. The maximum atomic E-state index is 2.77. The molecule has 2 heteroatoms. The molecule has 3 unspecified atom stereocenters. The summed E-state index contributed by atoms with van der Waals surface area (Å²) in [4.78, 5) is 5.50. The largest absolute Gasteiger partial charge is 0.366 e. The molecule has 1 saturated heterocycles. The van der Waals surface area contributed by atoms with Crippen molar-refractivity contribution in [2.45, 2.75) is 51.7 Å². The van der Waals surface area contributed by atoms with Crippen LogP contribution in [0, 0.1) is 11.8 Å². The van der Waals surface area contributed by atoms with Crippen molar-refractivity contribution in [2.75, 3.05) is 18.0 Å². The number of hydrogen-bond donors (Lipinski definition) is 0.